The average molecular weight is 246 g/mol. The maximum absolute atomic E-state index is 10.5. The Balaban J connectivity index is 4.96. The van der Waals surface area contributed by atoms with E-state index in [0.717, 1.165) is 41.2 Å². The molecular formula is C16H22O2. The molecule has 18 heavy (non-hydrogen) atoms. The van der Waals surface area contributed by atoms with E-state index in [-0.39, 0.29) is 0 Å². The number of carbonyl (C=O) groups is 1. The second kappa shape index (κ2) is 8.29. The van der Waals surface area contributed by atoms with Crippen LogP contribution < -0.4 is 0 Å². The summed E-state index contributed by atoms with van der Waals surface area (Å²) in [6.07, 6.45) is 8.38. The van der Waals surface area contributed by atoms with Crippen LogP contribution in [0.15, 0.2) is 59.8 Å². The van der Waals surface area contributed by atoms with Crippen molar-refractivity contribution in [3.63, 3.8) is 0 Å². The number of aliphatic carboxylic acids is 1. The maximum Gasteiger partial charge on any atom is 0.328 e. The van der Waals surface area contributed by atoms with E-state index < -0.39 is 5.97 Å². The molecule has 0 amide bonds. The zero-order valence-electron chi connectivity index (χ0n) is 11.5. The quantitative estimate of drug-likeness (QED) is 0.410. The fourth-order valence-electron chi connectivity index (χ4n) is 1.35. The molecule has 0 aromatic heterocycles. The molecule has 98 valence electrons. The molecule has 1 N–H and O–H groups in total. The fourth-order valence-corrected chi connectivity index (χ4v) is 1.35. The third kappa shape index (κ3) is 7.44. The molecule has 0 fully saturated rings. The average Bonchev–Trinajstić information content (AvgIpc) is 2.27. The number of hydrogen-bond acceptors (Lipinski definition) is 1. The third-order valence-electron chi connectivity index (χ3n) is 2.46. The Morgan fingerprint density at radius 3 is 2.17 bits per heavy atom. The van der Waals surface area contributed by atoms with Gasteiger partial charge in [0.15, 0.2) is 0 Å². The second-order valence-electron chi connectivity index (χ2n) is 4.37. The lowest BCUT2D eigenvalue weighted by Crippen LogP contribution is -1.90. The van der Waals surface area contributed by atoms with Crippen LogP contribution in [0.5, 0.6) is 0 Å². The minimum absolute atomic E-state index is 0.872. The first kappa shape index (κ1) is 16.2. The number of carboxylic acids is 1. The largest absolute Gasteiger partial charge is 0.478 e. The predicted octanol–water partition coefficient (Wildman–Crippen LogP) is 4.43. The highest BCUT2D eigenvalue weighted by molar-refractivity contribution is 5.80. The molecule has 0 unspecified atom stereocenters. The SMILES string of the molecule is C=C(C)CC/C(=C/C(=C\C)/C=C/C(=O)O)C(=C)C. The van der Waals surface area contributed by atoms with E-state index in [9.17, 15) is 4.79 Å². The lowest BCUT2D eigenvalue weighted by molar-refractivity contribution is -0.131. The summed E-state index contributed by atoms with van der Waals surface area (Å²) >= 11 is 0. The van der Waals surface area contributed by atoms with Crippen molar-refractivity contribution in [2.75, 3.05) is 0 Å². The molecule has 2 heteroatoms. The van der Waals surface area contributed by atoms with Gasteiger partial charge in [0, 0.05) is 6.08 Å². The van der Waals surface area contributed by atoms with Gasteiger partial charge in [-0.3, -0.25) is 0 Å². The fraction of sp³-hybridized carbons (Fsp3) is 0.312. The topological polar surface area (TPSA) is 37.3 Å². The van der Waals surface area contributed by atoms with Gasteiger partial charge in [-0.1, -0.05) is 29.9 Å². The summed E-state index contributed by atoms with van der Waals surface area (Å²) in [6.45, 7) is 13.7. The lowest BCUT2D eigenvalue weighted by Gasteiger charge is -2.07. The van der Waals surface area contributed by atoms with Crippen molar-refractivity contribution in [1.82, 2.24) is 0 Å². The zero-order valence-corrected chi connectivity index (χ0v) is 11.5. The normalized spacial score (nSPS) is 12.8. The van der Waals surface area contributed by atoms with Crippen molar-refractivity contribution in [1.29, 1.82) is 0 Å². The van der Waals surface area contributed by atoms with Crippen LogP contribution >= 0.6 is 0 Å². The molecule has 0 radical (unpaired) electrons. The van der Waals surface area contributed by atoms with Crippen LogP contribution in [0.3, 0.4) is 0 Å². The summed E-state index contributed by atoms with van der Waals surface area (Å²) in [5, 5.41) is 8.61. The monoisotopic (exact) mass is 246 g/mol. The summed E-state index contributed by atoms with van der Waals surface area (Å²) < 4.78 is 0. The Hall–Kier alpha value is -1.83. The molecule has 0 aromatic rings. The van der Waals surface area contributed by atoms with Crippen LogP contribution in [0.1, 0.15) is 33.6 Å². The van der Waals surface area contributed by atoms with E-state index in [2.05, 4.69) is 13.2 Å². The Kier molecular flexibility index (Phi) is 7.45. The van der Waals surface area contributed by atoms with E-state index in [1.807, 2.05) is 32.9 Å². The second-order valence-corrected chi connectivity index (χ2v) is 4.37. The Morgan fingerprint density at radius 1 is 1.17 bits per heavy atom. The number of allylic oxidation sites excluding steroid dienone is 7. The minimum atomic E-state index is -0.943. The van der Waals surface area contributed by atoms with Gasteiger partial charge < -0.3 is 5.11 Å². The molecule has 0 bridgehead atoms. The van der Waals surface area contributed by atoms with Gasteiger partial charge in [0.25, 0.3) is 0 Å². The third-order valence-corrected chi connectivity index (χ3v) is 2.46. The first-order valence-electron chi connectivity index (χ1n) is 5.95. The smallest absolute Gasteiger partial charge is 0.328 e. The van der Waals surface area contributed by atoms with Crippen LogP contribution in [0.25, 0.3) is 0 Å². The molecule has 0 saturated carbocycles. The van der Waals surface area contributed by atoms with Crippen LogP contribution in [0.4, 0.5) is 0 Å². The first-order valence-corrected chi connectivity index (χ1v) is 5.95. The summed E-state index contributed by atoms with van der Waals surface area (Å²) in [4.78, 5) is 10.5. The molecule has 2 nitrogen and oxygen atoms in total. The van der Waals surface area contributed by atoms with Gasteiger partial charge in [0.05, 0.1) is 0 Å². The van der Waals surface area contributed by atoms with Crippen molar-refractivity contribution < 1.29 is 9.90 Å². The van der Waals surface area contributed by atoms with Gasteiger partial charge in [-0.25, -0.2) is 4.79 Å². The predicted molar refractivity (Wildman–Crippen MR) is 77.5 cm³/mol. The van der Waals surface area contributed by atoms with E-state index in [1.165, 1.54) is 0 Å². The van der Waals surface area contributed by atoms with Crippen molar-refractivity contribution >= 4 is 5.97 Å². The molecule has 0 aliphatic heterocycles. The number of rotatable bonds is 7. The highest BCUT2D eigenvalue weighted by Crippen LogP contribution is 2.19. The minimum Gasteiger partial charge on any atom is -0.478 e. The molecule has 0 spiro atoms. The molecule has 0 atom stereocenters. The van der Waals surface area contributed by atoms with Crippen LogP contribution in [-0.4, -0.2) is 11.1 Å². The van der Waals surface area contributed by atoms with Crippen LogP contribution in [0.2, 0.25) is 0 Å². The van der Waals surface area contributed by atoms with Gasteiger partial charge in [-0.2, -0.15) is 0 Å². The number of carboxylic acid groups (broad SMARTS) is 1. The van der Waals surface area contributed by atoms with Crippen molar-refractivity contribution in [3.8, 4) is 0 Å². The Morgan fingerprint density at radius 2 is 1.78 bits per heavy atom. The lowest BCUT2D eigenvalue weighted by atomic mass is 9.98. The highest BCUT2D eigenvalue weighted by atomic mass is 16.4. The van der Waals surface area contributed by atoms with Crippen molar-refractivity contribution in [2.45, 2.75) is 33.6 Å². The number of hydrogen-bond donors (Lipinski definition) is 1. The molecule has 0 aromatic carbocycles. The Labute approximate surface area is 110 Å². The van der Waals surface area contributed by atoms with Gasteiger partial charge >= 0.3 is 5.97 Å². The van der Waals surface area contributed by atoms with Crippen molar-refractivity contribution in [3.05, 3.63) is 59.8 Å². The van der Waals surface area contributed by atoms with E-state index in [1.54, 1.807) is 6.08 Å². The summed E-state index contributed by atoms with van der Waals surface area (Å²) in [5.41, 5.74) is 4.13. The standard InChI is InChI=1S/C16H22O2/c1-6-14(8-10-16(17)18)11-15(13(4)5)9-7-12(2)3/h6,8,10-11H,2,4,7,9H2,1,3,5H3,(H,17,18)/b10-8+,14-6-,15-11-. The van der Waals surface area contributed by atoms with E-state index >= 15 is 0 Å². The maximum atomic E-state index is 10.5. The van der Waals surface area contributed by atoms with Crippen molar-refractivity contribution in [2.24, 2.45) is 0 Å². The molecule has 0 heterocycles. The first-order chi connectivity index (χ1) is 8.36. The van der Waals surface area contributed by atoms with Gasteiger partial charge in [-0.05, 0) is 50.8 Å². The van der Waals surface area contributed by atoms with Crippen LogP contribution in [0, 0.1) is 0 Å². The van der Waals surface area contributed by atoms with Gasteiger partial charge in [0.2, 0.25) is 0 Å². The highest BCUT2D eigenvalue weighted by Gasteiger charge is 2.00. The Bertz CT molecular complexity index is 420. The molecule has 0 saturated heterocycles. The van der Waals surface area contributed by atoms with Crippen LogP contribution in [-0.2, 0) is 4.79 Å². The molecule has 0 rings (SSSR count). The summed E-state index contributed by atoms with van der Waals surface area (Å²) in [6, 6.07) is 0. The molecular weight excluding hydrogens is 224 g/mol. The molecule has 0 aliphatic rings. The summed E-state index contributed by atoms with van der Waals surface area (Å²) in [7, 11) is 0. The van der Waals surface area contributed by atoms with E-state index in [4.69, 9.17) is 5.11 Å². The van der Waals surface area contributed by atoms with E-state index in [0.29, 0.717) is 0 Å². The zero-order chi connectivity index (χ0) is 14.1. The molecule has 0 aliphatic carbocycles. The van der Waals surface area contributed by atoms with Gasteiger partial charge in [-0.15, -0.1) is 6.58 Å². The van der Waals surface area contributed by atoms with Gasteiger partial charge in [0.1, 0.15) is 0 Å². The summed E-state index contributed by atoms with van der Waals surface area (Å²) in [5.74, 6) is -0.943.